The van der Waals surface area contributed by atoms with Crippen LogP contribution in [0.5, 0.6) is 5.75 Å². The predicted molar refractivity (Wildman–Crippen MR) is 74.6 cm³/mol. The number of rotatable bonds is 5. The molecule has 1 atom stereocenters. The number of hydrogen-bond acceptors (Lipinski definition) is 3. The Bertz CT molecular complexity index is 560. The fraction of sp³-hybridized carbons (Fsp3) is 0.188. The first-order valence-electron chi connectivity index (χ1n) is 6.15. The van der Waals surface area contributed by atoms with Gasteiger partial charge in [0.05, 0.1) is 13.2 Å². The number of nitriles is 1. The van der Waals surface area contributed by atoms with Gasteiger partial charge >= 0.3 is 0 Å². The predicted octanol–water partition coefficient (Wildman–Crippen LogP) is 3.05. The van der Waals surface area contributed by atoms with Crippen LogP contribution in [0.1, 0.15) is 17.2 Å². The summed E-state index contributed by atoms with van der Waals surface area (Å²) in [5.41, 5.74) is 2.01. The van der Waals surface area contributed by atoms with Gasteiger partial charge in [-0.15, -0.1) is 0 Å². The molecule has 0 saturated carbocycles. The molecule has 3 nitrogen and oxygen atoms in total. The van der Waals surface area contributed by atoms with E-state index in [1.807, 2.05) is 54.6 Å². The molecule has 1 N–H and O–H groups in total. The Balaban J connectivity index is 2.11. The van der Waals surface area contributed by atoms with Gasteiger partial charge in [-0.05, 0) is 11.6 Å². The van der Waals surface area contributed by atoms with Gasteiger partial charge in [-0.3, -0.25) is 5.32 Å². The topological polar surface area (TPSA) is 45.0 Å². The molecule has 0 aliphatic carbocycles. The Kier molecular flexibility index (Phi) is 4.54. The smallest absolute Gasteiger partial charge is 0.125 e. The average Bonchev–Trinajstić information content (AvgIpc) is 2.49. The zero-order valence-corrected chi connectivity index (χ0v) is 10.8. The Labute approximate surface area is 113 Å². The van der Waals surface area contributed by atoms with Gasteiger partial charge in [-0.1, -0.05) is 48.5 Å². The lowest BCUT2D eigenvalue weighted by molar-refractivity contribution is 0.405. The third-order valence-electron chi connectivity index (χ3n) is 2.93. The number of methoxy groups -OCH3 is 1. The van der Waals surface area contributed by atoms with Crippen LogP contribution in [0.15, 0.2) is 54.6 Å². The van der Waals surface area contributed by atoms with Crippen LogP contribution in [0, 0.1) is 11.3 Å². The Morgan fingerprint density at radius 2 is 1.79 bits per heavy atom. The second-order valence-corrected chi connectivity index (χ2v) is 4.17. The molecule has 0 aliphatic heterocycles. The minimum Gasteiger partial charge on any atom is -0.496 e. The molecule has 0 aliphatic rings. The van der Waals surface area contributed by atoms with E-state index in [4.69, 9.17) is 4.74 Å². The first kappa shape index (κ1) is 13.1. The Morgan fingerprint density at radius 3 is 2.47 bits per heavy atom. The normalized spacial score (nSPS) is 11.6. The number of ether oxygens (including phenoxy) is 1. The molecule has 2 aromatic rings. The minimum absolute atomic E-state index is 0.378. The van der Waals surface area contributed by atoms with Crippen molar-refractivity contribution in [3.05, 3.63) is 65.7 Å². The van der Waals surface area contributed by atoms with Crippen LogP contribution in [0.3, 0.4) is 0 Å². The van der Waals surface area contributed by atoms with Crippen molar-refractivity contribution in [2.24, 2.45) is 0 Å². The summed E-state index contributed by atoms with van der Waals surface area (Å²) < 4.78 is 5.29. The molecule has 0 radical (unpaired) electrons. The fourth-order valence-corrected chi connectivity index (χ4v) is 1.95. The van der Waals surface area contributed by atoms with Crippen molar-refractivity contribution in [1.29, 1.82) is 5.26 Å². The van der Waals surface area contributed by atoms with E-state index in [9.17, 15) is 5.26 Å². The number of nitrogens with one attached hydrogen (secondary N) is 1. The molecule has 2 rings (SSSR count). The highest BCUT2D eigenvalue weighted by Gasteiger charge is 2.14. The number of hydrogen-bond donors (Lipinski definition) is 1. The summed E-state index contributed by atoms with van der Waals surface area (Å²) in [5, 5.41) is 12.5. The maximum Gasteiger partial charge on any atom is 0.125 e. The molecule has 0 aromatic heterocycles. The van der Waals surface area contributed by atoms with Crippen molar-refractivity contribution in [2.45, 2.75) is 12.6 Å². The van der Waals surface area contributed by atoms with Crippen molar-refractivity contribution in [3.8, 4) is 11.8 Å². The van der Waals surface area contributed by atoms with Gasteiger partial charge in [0.25, 0.3) is 0 Å². The molecule has 0 fully saturated rings. The van der Waals surface area contributed by atoms with Gasteiger partial charge in [0, 0.05) is 12.1 Å². The number of nitrogens with zero attached hydrogens (tertiary/aromatic N) is 1. The standard InChI is InChI=1S/C16H16N2O/c1-19-16-10-6-5-9-14(16)15(11-17)18-12-13-7-3-2-4-8-13/h2-10,15,18H,12H2,1H3/t15-/m0/s1. The molecule has 96 valence electrons. The van der Waals surface area contributed by atoms with E-state index in [-0.39, 0.29) is 6.04 Å². The maximum atomic E-state index is 9.31. The molecule has 3 heteroatoms. The second kappa shape index (κ2) is 6.58. The molecule has 0 amide bonds. The van der Waals surface area contributed by atoms with E-state index in [1.165, 1.54) is 0 Å². The third kappa shape index (κ3) is 3.34. The van der Waals surface area contributed by atoms with E-state index in [0.29, 0.717) is 6.54 Å². The lowest BCUT2D eigenvalue weighted by Crippen LogP contribution is -2.20. The molecule has 0 spiro atoms. The van der Waals surface area contributed by atoms with Crippen molar-refractivity contribution in [2.75, 3.05) is 7.11 Å². The summed E-state index contributed by atoms with van der Waals surface area (Å²) in [5.74, 6) is 0.731. The summed E-state index contributed by atoms with van der Waals surface area (Å²) in [6, 6.07) is 19.5. The van der Waals surface area contributed by atoms with E-state index in [1.54, 1.807) is 7.11 Å². The van der Waals surface area contributed by atoms with Crippen LogP contribution in [-0.2, 0) is 6.54 Å². The average molecular weight is 252 g/mol. The van der Waals surface area contributed by atoms with Crippen LogP contribution in [0.25, 0.3) is 0 Å². The third-order valence-corrected chi connectivity index (χ3v) is 2.93. The molecule has 19 heavy (non-hydrogen) atoms. The molecule has 0 unspecified atom stereocenters. The van der Waals surface area contributed by atoms with Crippen LogP contribution < -0.4 is 10.1 Å². The van der Waals surface area contributed by atoms with E-state index >= 15 is 0 Å². The van der Waals surface area contributed by atoms with Crippen molar-refractivity contribution < 1.29 is 4.74 Å². The van der Waals surface area contributed by atoms with Gasteiger partial charge in [0.15, 0.2) is 0 Å². The van der Waals surface area contributed by atoms with Gasteiger partial charge < -0.3 is 4.74 Å². The summed E-state index contributed by atoms with van der Waals surface area (Å²) >= 11 is 0. The van der Waals surface area contributed by atoms with Crippen LogP contribution >= 0.6 is 0 Å². The first-order chi connectivity index (χ1) is 9.35. The highest BCUT2D eigenvalue weighted by atomic mass is 16.5. The first-order valence-corrected chi connectivity index (χ1v) is 6.15. The van der Waals surface area contributed by atoms with Crippen molar-refractivity contribution in [3.63, 3.8) is 0 Å². The lowest BCUT2D eigenvalue weighted by atomic mass is 10.1. The second-order valence-electron chi connectivity index (χ2n) is 4.17. The molecular weight excluding hydrogens is 236 g/mol. The van der Waals surface area contributed by atoms with Crippen LogP contribution in [0.4, 0.5) is 0 Å². The highest BCUT2D eigenvalue weighted by Crippen LogP contribution is 2.24. The summed E-state index contributed by atoms with van der Waals surface area (Å²) in [6.07, 6.45) is 0. The SMILES string of the molecule is COc1ccccc1[C@H](C#N)NCc1ccccc1. The van der Waals surface area contributed by atoms with E-state index < -0.39 is 0 Å². The van der Waals surface area contributed by atoms with Gasteiger partial charge in [0.1, 0.15) is 11.8 Å². The van der Waals surface area contributed by atoms with Crippen molar-refractivity contribution >= 4 is 0 Å². The largest absolute Gasteiger partial charge is 0.496 e. The Hall–Kier alpha value is -2.31. The zero-order valence-electron chi connectivity index (χ0n) is 10.8. The molecule has 0 saturated heterocycles. The lowest BCUT2D eigenvalue weighted by Gasteiger charge is -2.15. The quantitative estimate of drug-likeness (QED) is 0.889. The molecule has 0 bridgehead atoms. The Morgan fingerprint density at radius 1 is 1.11 bits per heavy atom. The van der Waals surface area contributed by atoms with E-state index in [0.717, 1.165) is 16.9 Å². The van der Waals surface area contributed by atoms with E-state index in [2.05, 4.69) is 11.4 Å². The minimum atomic E-state index is -0.378. The molecular formula is C16H16N2O. The maximum absolute atomic E-state index is 9.31. The zero-order chi connectivity index (χ0) is 13.5. The summed E-state index contributed by atoms with van der Waals surface area (Å²) in [6.45, 7) is 0.650. The molecule has 0 heterocycles. The summed E-state index contributed by atoms with van der Waals surface area (Å²) in [4.78, 5) is 0. The number of benzene rings is 2. The van der Waals surface area contributed by atoms with Gasteiger partial charge in [-0.2, -0.15) is 5.26 Å². The fourth-order valence-electron chi connectivity index (χ4n) is 1.95. The van der Waals surface area contributed by atoms with Crippen molar-refractivity contribution in [1.82, 2.24) is 5.32 Å². The monoisotopic (exact) mass is 252 g/mol. The summed E-state index contributed by atoms with van der Waals surface area (Å²) in [7, 11) is 1.62. The van der Waals surface area contributed by atoms with Gasteiger partial charge in [-0.25, -0.2) is 0 Å². The van der Waals surface area contributed by atoms with Crippen LogP contribution in [-0.4, -0.2) is 7.11 Å². The van der Waals surface area contributed by atoms with Crippen LogP contribution in [0.2, 0.25) is 0 Å². The molecule has 2 aromatic carbocycles. The highest BCUT2D eigenvalue weighted by molar-refractivity contribution is 5.38. The number of para-hydroxylation sites is 1. The van der Waals surface area contributed by atoms with Gasteiger partial charge in [0.2, 0.25) is 0 Å².